The fourth-order valence-electron chi connectivity index (χ4n) is 1.02. The highest BCUT2D eigenvalue weighted by Gasteiger charge is 2.08. The van der Waals surface area contributed by atoms with Gasteiger partial charge in [0.05, 0.1) is 12.6 Å². The molecule has 0 bridgehead atoms. The molecule has 0 radical (unpaired) electrons. The predicted octanol–water partition coefficient (Wildman–Crippen LogP) is 0.963. The normalized spacial score (nSPS) is 11.8. The van der Waals surface area contributed by atoms with Crippen molar-refractivity contribution in [1.29, 1.82) is 0 Å². The molecule has 0 saturated heterocycles. The van der Waals surface area contributed by atoms with E-state index in [2.05, 4.69) is 11.9 Å². The van der Waals surface area contributed by atoms with Gasteiger partial charge < -0.3 is 10.4 Å². The molecule has 1 amide bonds. The summed E-state index contributed by atoms with van der Waals surface area (Å²) >= 11 is 0. The van der Waals surface area contributed by atoms with Crippen LogP contribution in [0, 0.1) is 0 Å². The lowest BCUT2D eigenvalue weighted by molar-refractivity contribution is 0.0929. The van der Waals surface area contributed by atoms with Crippen molar-refractivity contribution in [2.45, 2.75) is 6.04 Å². The minimum Gasteiger partial charge on any atom is -0.394 e. The first kappa shape index (κ1) is 10.5. The molecule has 1 unspecified atom stereocenters. The smallest absolute Gasteiger partial charge is 0.251 e. The Hall–Kier alpha value is -1.61. The van der Waals surface area contributed by atoms with Crippen molar-refractivity contribution in [3.05, 3.63) is 48.6 Å². The van der Waals surface area contributed by atoms with E-state index in [1.54, 1.807) is 24.3 Å². The van der Waals surface area contributed by atoms with Gasteiger partial charge in [-0.2, -0.15) is 0 Å². The van der Waals surface area contributed by atoms with E-state index in [0.29, 0.717) is 5.56 Å². The number of benzene rings is 1. The number of amides is 1. The lowest BCUT2D eigenvalue weighted by Gasteiger charge is -2.11. The number of rotatable bonds is 4. The molecule has 2 N–H and O–H groups in total. The summed E-state index contributed by atoms with van der Waals surface area (Å²) in [5, 5.41) is 11.5. The van der Waals surface area contributed by atoms with Crippen molar-refractivity contribution in [2.24, 2.45) is 0 Å². The second kappa shape index (κ2) is 5.19. The molecule has 0 aliphatic rings. The Bertz CT molecular complexity index is 308. The van der Waals surface area contributed by atoms with Crippen LogP contribution in [0.25, 0.3) is 0 Å². The third-order valence-corrected chi connectivity index (χ3v) is 1.83. The molecule has 3 nitrogen and oxygen atoms in total. The molecule has 1 aromatic rings. The molecule has 1 atom stereocenters. The van der Waals surface area contributed by atoms with E-state index in [1.165, 1.54) is 6.08 Å². The number of aliphatic hydroxyl groups is 1. The van der Waals surface area contributed by atoms with Crippen LogP contribution in [0.4, 0.5) is 0 Å². The first-order valence-electron chi connectivity index (χ1n) is 4.37. The van der Waals surface area contributed by atoms with Gasteiger partial charge in [-0.25, -0.2) is 0 Å². The Kier molecular flexibility index (Phi) is 3.88. The molecule has 3 heteroatoms. The zero-order chi connectivity index (χ0) is 10.4. The van der Waals surface area contributed by atoms with Gasteiger partial charge in [-0.05, 0) is 12.1 Å². The Morgan fingerprint density at radius 3 is 2.64 bits per heavy atom. The van der Waals surface area contributed by atoms with Gasteiger partial charge in [-0.15, -0.1) is 6.58 Å². The largest absolute Gasteiger partial charge is 0.394 e. The average molecular weight is 191 g/mol. The summed E-state index contributed by atoms with van der Waals surface area (Å²) in [6.07, 6.45) is 1.50. The fraction of sp³-hybridized carbons (Fsp3) is 0.182. The van der Waals surface area contributed by atoms with E-state index in [9.17, 15) is 4.79 Å². The second-order valence-electron chi connectivity index (χ2n) is 2.86. The highest BCUT2D eigenvalue weighted by atomic mass is 16.3. The molecule has 0 aliphatic heterocycles. The maximum Gasteiger partial charge on any atom is 0.251 e. The number of aliphatic hydroxyl groups excluding tert-OH is 1. The van der Waals surface area contributed by atoms with Gasteiger partial charge in [0.2, 0.25) is 0 Å². The molecule has 1 rings (SSSR count). The Balaban J connectivity index is 2.63. The van der Waals surface area contributed by atoms with Crippen molar-refractivity contribution in [3.63, 3.8) is 0 Å². The number of hydrogen-bond donors (Lipinski definition) is 2. The third-order valence-electron chi connectivity index (χ3n) is 1.83. The maximum absolute atomic E-state index is 11.5. The minimum atomic E-state index is -0.386. The van der Waals surface area contributed by atoms with E-state index >= 15 is 0 Å². The van der Waals surface area contributed by atoms with Crippen LogP contribution in [-0.4, -0.2) is 23.7 Å². The molecule has 0 spiro atoms. The SMILES string of the molecule is C=CC(CO)NC(=O)c1ccccc1. The van der Waals surface area contributed by atoms with Gasteiger partial charge in [-0.3, -0.25) is 4.79 Å². The summed E-state index contributed by atoms with van der Waals surface area (Å²) in [5.74, 6) is -0.204. The first-order valence-corrected chi connectivity index (χ1v) is 4.37. The van der Waals surface area contributed by atoms with Crippen molar-refractivity contribution in [3.8, 4) is 0 Å². The van der Waals surface area contributed by atoms with Crippen molar-refractivity contribution >= 4 is 5.91 Å². The van der Waals surface area contributed by atoms with Gasteiger partial charge in [0.15, 0.2) is 0 Å². The molecule has 0 saturated carbocycles. The second-order valence-corrected chi connectivity index (χ2v) is 2.86. The van der Waals surface area contributed by atoms with Gasteiger partial charge in [0.1, 0.15) is 0 Å². The molecule has 0 fully saturated rings. The van der Waals surface area contributed by atoms with Crippen LogP contribution in [-0.2, 0) is 0 Å². The molecule has 0 heterocycles. The summed E-state index contributed by atoms with van der Waals surface area (Å²) in [4.78, 5) is 11.5. The van der Waals surface area contributed by atoms with Crippen LogP contribution < -0.4 is 5.32 Å². The topological polar surface area (TPSA) is 49.3 Å². The quantitative estimate of drug-likeness (QED) is 0.696. The fourth-order valence-corrected chi connectivity index (χ4v) is 1.02. The number of carbonyl (C=O) groups excluding carboxylic acids is 1. The van der Waals surface area contributed by atoms with Crippen LogP contribution in [0.3, 0.4) is 0 Å². The zero-order valence-electron chi connectivity index (χ0n) is 7.81. The van der Waals surface area contributed by atoms with Gasteiger partial charge in [0, 0.05) is 5.56 Å². The minimum absolute atomic E-state index is 0.137. The molecule has 14 heavy (non-hydrogen) atoms. The van der Waals surface area contributed by atoms with Crippen molar-refractivity contribution in [1.82, 2.24) is 5.32 Å². The van der Waals surface area contributed by atoms with E-state index in [1.807, 2.05) is 6.07 Å². The Morgan fingerprint density at radius 2 is 2.14 bits per heavy atom. The number of hydrogen-bond acceptors (Lipinski definition) is 2. The molecule has 0 aliphatic carbocycles. The zero-order valence-corrected chi connectivity index (χ0v) is 7.81. The summed E-state index contributed by atoms with van der Waals surface area (Å²) in [6.45, 7) is 3.37. The van der Waals surface area contributed by atoms with E-state index in [4.69, 9.17) is 5.11 Å². The highest BCUT2D eigenvalue weighted by molar-refractivity contribution is 5.94. The van der Waals surface area contributed by atoms with Crippen molar-refractivity contribution < 1.29 is 9.90 Å². The Morgan fingerprint density at radius 1 is 1.50 bits per heavy atom. The lowest BCUT2D eigenvalue weighted by Crippen LogP contribution is -2.35. The monoisotopic (exact) mass is 191 g/mol. The van der Waals surface area contributed by atoms with Crippen molar-refractivity contribution in [2.75, 3.05) is 6.61 Å². The van der Waals surface area contributed by atoms with Crippen LogP contribution in [0.5, 0.6) is 0 Å². The maximum atomic E-state index is 11.5. The molecular formula is C11H13NO2. The molecular weight excluding hydrogens is 178 g/mol. The van der Waals surface area contributed by atoms with E-state index in [0.717, 1.165) is 0 Å². The Labute approximate surface area is 83.1 Å². The number of carbonyl (C=O) groups is 1. The molecule has 1 aromatic carbocycles. The van der Waals surface area contributed by atoms with E-state index in [-0.39, 0.29) is 18.6 Å². The van der Waals surface area contributed by atoms with Gasteiger partial charge in [0.25, 0.3) is 5.91 Å². The highest BCUT2D eigenvalue weighted by Crippen LogP contribution is 1.98. The van der Waals surface area contributed by atoms with E-state index < -0.39 is 0 Å². The summed E-state index contributed by atoms with van der Waals surface area (Å²) in [7, 11) is 0. The van der Waals surface area contributed by atoms with Gasteiger partial charge >= 0.3 is 0 Å². The number of nitrogens with one attached hydrogen (secondary N) is 1. The van der Waals surface area contributed by atoms with Crippen LogP contribution >= 0.6 is 0 Å². The third kappa shape index (κ3) is 2.71. The first-order chi connectivity index (χ1) is 6.77. The van der Waals surface area contributed by atoms with Crippen LogP contribution in [0.1, 0.15) is 10.4 Å². The lowest BCUT2D eigenvalue weighted by atomic mass is 10.2. The van der Waals surface area contributed by atoms with Gasteiger partial charge in [-0.1, -0.05) is 24.3 Å². The summed E-state index contributed by atoms with van der Waals surface area (Å²) < 4.78 is 0. The summed E-state index contributed by atoms with van der Waals surface area (Å²) in [6, 6.07) is 8.46. The standard InChI is InChI=1S/C11H13NO2/c1-2-10(8-13)12-11(14)9-6-4-3-5-7-9/h2-7,10,13H,1,8H2,(H,12,14). The molecule has 0 aromatic heterocycles. The average Bonchev–Trinajstić information content (AvgIpc) is 2.26. The molecule has 74 valence electrons. The predicted molar refractivity (Wildman–Crippen MR) is 55.0 cm³/mol. The van der Waals surface area contributed by atoms with Crippen LogP contribution in [0.2, 0.25) is 0 Å². The summed E-state index contributed by atoms with van der Waals surface area (Å²) in [5.41, 5.74) is 0.577. The van der Waals surface area contributed by atoms with Crippen LogP contribution in [0.15, 0.2) is 43.0 Å².